The highest BCUT2D eigenvalue weighted by atomic mass is 15.2. The van der Waals surface area contributed by atoms with Crippen molar-refractivity contribution in [3.05, 3.63) is 42.1 Å². The van der Waals surface area contributed by atoms with Gasteiger partial charge >= 0.3 is 0 Å². The number of aryl methyl sites for hydroxylation is 2. The molecule has 0 N–H and O–H groups in total. The van der Waals surface area contributed by atoms with E-state index >= 15 is 0 Å². The van der Waals surface area contributed by atoms with E-state index in [1.54, 1.807) is 0 Å². The molecule has 3 aromatic rings. The molecule has 7 nitrogen and oxygen atoms in total. The first-order valence-electron chi connectivity index (χ1n) is 10.2. The zero-order valence-corrected chi connectivity index (χ0v) is 17.3. The van der Waals surface area contributed by atoms with Crippen molar-refractivity contribution in [2.24, 2.45) is 7.05 Å². The zero-order chi connectivity index (χ0) is 20.4. The van der Waals surface area contributed by atoms with Gasteiger partial charge in [-0.15, -0.1) is 0 Å². The number of pyridine rings is 2. The molecule has 3 aromatic heterocycles. The fraction of sp³-hybridized carbons (Fsp3) is 0.455. The highest BCUT2D eigenvalue weighted by Gasteiger charge is 2.22. The summed E-state index contributed by atoms with van der Waals surface area (Å²) in [5.74, 6) is 1.36. The van der Waals surface area contributed by atoms with Crippen molar-refractivity contribution in [2.75, 3.05) is 31.6 Å². The van der Waals surface area contributed by atoms with Crippen LogP contribution >= 0.6 is 0 Å². The van der Waals surface area contributed by atoms with Crippen molar-refractivity contribution in [2.45, 2.75) is 32.1 Å². The minimum absolute atomic E-state index is 0.471. The van der Waals surface area contributed by atoms with Gasteiger partial charge in [-0.05, 0) is 44.0 Å². The number of aromatic nitrogens is 4. The number of hydrogen-bond donors (Lipinski definition) is 0. The van der Waals surface area contributed by atoms with Crippen molar-refractivity contribution in [3.63, 3.8) is 0 Å². The number of fused-ring (bicyclic) bond motifs is 1. The van der Waals surface area contributed by atoms with E-state index in [4.69, 9.17) is 10.2 Å². The number of imidazole rings is 1. The SMILES string of the molecule is CCc1cc(C2CCN(CC#N)CC2)ncc1N(C)c1cc2c(cn1)ncn2C. The van der Waals surface area contributed by atoms with E-state index in [1.165, 1.54) is 11.3 Å². The fourth-order valence-corrected chi connectivity index (χ4v) is 4.13. The van der Waals surface area contributed by atoms with Crippen LogP contribution in [0.1, 0.15) is 36.9 Å². The van der Waals surface area contributed by atoms with Gasteiger partial charge in [0.1, 0.15) is 11.3 Å². The molecule has 0 radical (unpaired) electrons. The summed E-state index contributed by atoms with van der Waals surface area (Å²) in [6, 6.07) is 6.58. The maximum absolute atomic E-state index is 8.89. The first-order chi connectivity index (χ1) is 14.1. The Balaban J connectivity index is 1.57. The van der Waals surface area contributed by atoms with Crippen LogP contribution in [0.25, 0.3) is 11.0 Å². The molecule has 0 bridgehead atoms. The van der Waals surface area contributed by atoms with Crippen LogP contribution < -0.4 is 4.90 Å². The van der Waals surface area contributed by atoms with Crippen molar-refractivity contribution in [1.29, 1.82) is 5.26 Å². The summed E-state index contributed by atoms with van der Waals surface area (Å²) < 4.78 is 2.01. The summed E-state index contributed by atoms with van der Waals surface area (Å²) in [4.78, 5) is 18.1. The Bertz CT molecular complexity index is 1040. The minimum Gasteiger partial charge on any atom is -0.334 e. The normalized spacial score (nSPS) is 15.5. The topological polar surface area (TPSA) is 73.9 Å². The summed E-state index contributed by atoms with van der Waals surface area (Å²) in [5.41, 5.74) is 5.51. The van der Waals surface area contributed by atoms with Crippen LogP contribution in [0, 0.1) is 11.3 Å². The predicted octanol–water partition coefficient (Wildman–Crippen LogP) is 3.40. The number of rotatable bonds is 5. The summed E-state index contributed by atoms with van der Waals surface area (Å²) in [6.07, 6.45) is 8.69. The fourth-order valence-electron chi connectivity index (χ4n) is 4.13. The smallest absolute Gasteiger partial charge is 0.134 e. The second-order valence-electron chi connectivity index (χ2n) is 7.75. The second kappa shape index (κ2) is 8.18. The van der Waals surface area contributed by atoms with Gasteiger partial charge in [-0.2, -0.15) is 5.26 Å². The van der Waals surface area contributed by atoms with Crippen molar-refractivity contribution < 1.29 is 0 Å². The molecule has 0 unspecified atom stereocenters. The molecule has 4 heterocycles. The number of anilines is 2. The van der Waals surface area contributed by atoms with Crippen LogP contribution in [-0.2, 0) is 13.5 Å². The van der Waals surface area contributed by atoms with E-state index in [1.807, 2.05) is 37.4 Å². The van der Waals surface area contributed by atoms with E-state index in [9.17, 15) is 0 Å². The van der Waals surface area contributed by atoms with Crippen LogP contribution in [0.3, 0.4) is 0 Å². The summed E-state index contributed by atoms with van der Waals surface area (Å²) in [6.45, 7) is 4.65. The highest BCUT2D eigenvalue weighted by Crippen LogP contribution is 2.32. The molecule has 0 aromatic carbocycles. The predicted molar refractivity (Wildman–Crippen MR) is 114 cm³/mol. The Morgan fingerprint density at radius 1 is 1.17 bits per heavy atom. The molecule has 1 fully saturated rings. The molecule has 4 rings (SSSR count). The van der Waals surface area contributed by atoms with E-state index in [0.717, 1.165) is 54.9 Å². The van der Waals surface area contributed by atoms with Gasteiger partial charge in [0.05, 0.1) is 42.5 Å². The van der Waals surface area contributed by atoms with Crippen molar-refractivity contribution >= 4 is 22.5 Å². The molecule has 0 amide bonds. The van der Waals surface area contributed by atoms with Gasteiger partial charge in [-0.3, -0.25) is 9.88 Å². The first-order valence-corrected chi connectivity index (χ1v) is 10.2. The lowest BCUT2D eigenvalue weighted by molar-refractivity contribution is 0.233. The standard InChI is InChI=1S/C22H27N7/c1-4-16-11-18(17-5-8-29(9-6-17)10-7-23)24-14-21(16)28(3)22-12-20-19(13-25-22)26-15-27(20)2/h11-15,17H,4-6,8-10H2,1-3H3. The monoisotopic (exact) mass is 389 g/mol. The lowest BCUT2D eigenvalue weighted by Crippen LogP contribution is -2.33. The van der Waals surface area contributed by atoms with Gasteiger partial charge < -0.3 is 9.47 Å². The number of nitrogens with zero attached hydrogens (tertiary/aromatic N) is 7. The quantitative estimate of drug-likeness (QED) is 0.623. The number of piperidine rings is 1. The molecule has 0 spiro atoms. The third kappa shape index (κ3) is 3.81. The third-order valence-corrected chi connectivity index (χ3v) is 5.97. The molecule has 150 valence electrons. The van der Waals surface area contributed by atoms with E-state index in [-0.39, 0.29) is 0 Å². The molecule has 1 saturated heterocycles. The Kier molecular flexibility index (Phi) is 5.45. The highest BCUT2D eigenvalue weighted by molar-refractivity contribution is 5.79. The molecule has 29 heavy (non-hydrogen) atoms. The molecule has 0 saturated carbocycles. The molecule has 7 heteroatoms. The Morgan fingerprint density at radius 3 is 2.69 bits per heavy atom. The van der Waals surface area contributed by atoms with E-state index in [2.05, 4.69) is 44.9 Å². The third-order valence-electron chi connectivity index (χ3n) is 5.97. The van der Waals surface area contributed by atoms with Crippen LogP contribution in [0.4, 0.5) is 11.5 Å². The summed E-state index contributed by atoms with van der Waals surface area (Å²) in [5, 5.41) is 8.89. The largest absolute Gasteiger partial charge is 0.334 e. The first kappa shape index (κ1) is 19.3. The average molecular weight is 390 g/mol. The molecule has 0 atom stereocenters. The summed E-state index contributed by atoms with van der Waals surface area (Å²) >= 11 is 0. The number of hydrogen-bond acceptors (Lipinski definition) is 6. The van der Waals surface area contributed by atoms with Gasteiger partial charge in [0.15, 0.2) is 0 Å². The van der Waals surface area contributed by atoms with Crippen molar-refractivity contribution in [1.82, 2.24) is 24.4 Å². The Hall–Kier alpha value is -2.98. The molecule has 0 aliphatic carbocycles. The number of likely N-dealkylation sites (tertiary alicyclic amines) is 1. The van der Waals surface area contributed by atoms with Crippen LogP contribution in [0.15, 0.2) is 30.9 Å². The second-order valence-corrected chi connectivity index (χ2v) is 7.75. The van der Waals surface area contributed by atoms with Crippen LogP contribution in [-0.4, -0.2) is 51.1 Å². The molecular weight excluding hydrogens is 362 g/mol. The minimum atomic E-state index is 0.471. The van der Waals surface area contributed by atoms with Gasteiger partial charge in [-0.25, -0.2) is 9.97 Å². The van der Waals surface area contributed by atoms with E-state index in [0.29, 0.717) is 12.5 Å². The Morgan fingerprint density at radius 2 is 1.97 bits per heavy atom. The zero-order valence-electron chi connectivity index (χ0n) is 17.3. The average Bonchev–Trinajstić information content (AvgIpc) is 3.14. The van der Waals surface area contributed by atoms with Gasteiger partial charge in [-0.1, -0.05) is 6.92 Å². The molecular formula is C22H27N7. The van der Waals surface area contributed by atoms with Crippen molar-refractivity contribution in [3.8, 4) is 6.07 Å². The van der Waals surface area contributed by atoms with Gasteiger partial charge in [0.25, 0.3) is 0 Å². The lowest BCUT2D eigenvalue weighted by atomic mass is 9.92. The summed E-state index contributed by atoms with van der Waals surface area (Å²) in [7, 11) is 4.04. The number of nitriles is 1. The van der Waals surface area contributed by atoms with Gasteiger partial charge in [0.2, 0.25) is 0 Å². The maximum Gasteiger partial charge on any atom is 0.134 e. The lowest BCUT2D eigenvalue weighted by Gasteiger charge is -2.30. The van der Waals surface area contributed by atoms with E-state index < -0.39 is 0 Å². The molecule has 1 aliphatic heterocycles. The Labute approximate surface area is 171 Å². The molecule has 1 aliphatic rings. The maximum atomic E-state index is 8.89. The van der Waals surface area contributed by atoms with Crippen LogP contribution in [0.5, 0.6) is 0 Å². The van der Waals surface area contributed by atoms with Crippen LogP contribution in [0.2, 0.25) is 0 Å². The van der Waals surface area contributed by atoms with Gasteiger partial charge in [0, 0.05) is 31.8 Å².